The summed E-state index contributed by atoms with van der Waals surface area (Å²) in [6.07, 6.45) is 38.6. The fourth-order valence-electron chi connectivity index (χ4n) is 8.97. The fourth-order valence-corrected chi connectivity index (χ4v) is 14.1. The number of hydrogen-bond donors (Lipinski definition) is 3. The number of quaternary nitrogens is 4. The van der Waals surface area contributed by atoms with Crippen molar-refractivity contribution in [2.75, 3.05) is 199 Å². The van der Waals surface area contributed by atoms with Crippen molar-refractivity contribution >= 4 is 43.6 Å². The third-order valence-electron chi connectivity index (χ3n) is 15.2. The quantitative estimate of drug-likeness (QED) is 0.0323. The molecule has 0 heterocycles. The highest BCUT2D eigenvalue weighted by Crippen LogP contribution is 2.21. The summed E-state index contributed by atoms with van der Waals surface area (Å²) < 4.78 is 9.33. The highest BCUT2D eigenvalue weighted by Gasteiger charge is 2.26. The first-order valence-corrected chi connectivity index (χ1v) is 43.4. The molecule has 526 valence electrons. The summed E-state index contributed by atoms with van der Waals surface area (Å²) >= 11 is 0. The minimum absolute atomic E-state index is 0.281. The molecular formula is C73H174N4O4S4+8. The van der Waals surface area contributed by atoms with E-state index in [2.05, 4.69) is 167 Å². The number of nitrogens with zero attached hydrogens (tertiary/aromatic N) is 4. The van der Waals surface area contributed by atoms with E-state index in [1.165, 1.54) is 257 Å². The highest BCUT2D eigenvalue weighted by molar-refractivity contribution is 7.97. The van der Waals surface area contributed by atoms with Gasteiger partial charge in [-0.25, -0.2) is 0 Å². The van der Waals surface area contributed by atoms with Crippen molar-refractivity contribution in [3.8, 4) is 0 Å². The summed E-state index contributed by atoms with van der Waals surface area (Å²) in [5.74, 6) is 13.9. The second-order valence-electron chi connectivity index (χ2n) is 26.5. The minimum atomic E-state index is 0.281. The molecule has 0 bridgehead atoms. The normalized spacial score (nSPS) is 11.4. The van der Waals surface area contributed by atoms with Gasteiger partial charge in [-0.1, -0.05) is 151 Å². The molecule has 0 aromatic heterocycles. The summed E-state index contributed by atoms with van der Waals surface area (Å²) in [7, 11) is 23.0. The van der Waals surface area contributed by atoms with Crippen LogP contribution in [0.4, 0.5) is 0 Å². The molecule has 0 aliphatic carbocycles. The van der Waals surface area contributed by atoms with Crippen molar-refractivity contribution in [1.82, 2.24) is 0 Å². The van der Waals surface area contributed by atoms with Crippen LogP contribution in [0.15, 0.2) is 0 Å². The molecule has 0 unspecified atom stereocenters. The molecule has 8 nitrogen and oxygen atoms in total. The second kappa shape index (κ2) is 81.2. The van der Waals surface area contributed by atoms with Crippen molar-refractivity contribution in [1.29, 1.82) is 0 Å². The molecular weight excluding hydrogens is 1130 g/mol. The van der Waals surface area contributed by atoms with Gasteiger partial charge in [0.25, 0.3) is 0 Å². The number of rotatable bonds is 49. The second-order valence-corrected chi connectivity index (χ2v) is 37.2. The number of likely N-dealkylation sites (N-methyl/N-ethyl adjacent to an activating group) is 2. The molecule has 3 N–H and O–H groups in total. The largest absolute Gasteiger partial charge is 0.391 e. The predicted molar refractivity (Wildman–Crippen MR) is 409 cm³/mol. The van der Waals surface area contributed by atoms with Gasteiger partial charge in [-0.2, -0.15) is 0 Å². The van der Waals surface area contributed by atoms with Gasteiger partial charge >= 0.3 is 0 Å². The maximum atomic E-state index is 8.80. The molecule has 0 amide bonds. The van der Waals surface area contributed by atoms with Gasteiger partial charge in [0, 0.05) is 28.9 Å². The van der Waals surface area contributed by atoms with Crippen LogP contribution >= 0.6 is 0 Å². The number of hydrogen-bond acceptors (Lipinski definition) is 4. The third kappa shape index (κ3) is 101. The van der Waals surface area contributed by atoms with Crippen molar-refractivity contribution in [2.24, 2.45) is 0 Å². The average Bonchev–Trinajstić information content (AvgIpc) is 3.53. The van der Waals surface area contributed by atoms with E-state index < -0.39 is 0 Å². The summed E-state index contributed by atoms with van der Waals surface area (Å²) in [5.41, 5.74) is 0. The number of aliphatic hydroxyl groups is 3. The predicted octanol–water partition coefficient (Wildman–Crippen LogP) is 17.7. The first kappa shape index (κ1) is 102. The maximum Gasteiger partial charge on any atom is 0.205 e. The molecule has 0 radical (unpaired) electrons. The SMILES string of the molecule is CCCCCCCC[N+](CCCCCCCC)(CCCCCCCC)CCCCCCCC.CCC[S+](CC)CC.CCC[S+](CO)CCC.CC[N+](C)(C)CCOC.CC[S+](CC)CC.CC[S+](CC)CO.C[N+](C)(C)C.C[N+](C)(C)CCO. The first-order valence-electron chi connectivity index (χ1n) is 36.5. The Bertz CT molecular complexity index is 1020. The molecule has 0 aliphatic rings. The van der Waals surface area contributed by atoms with Crippen LogP contribution in [0.2, 0.25) is 0 Å². The van der Waals surface area contributed by atoms with E-state index in [1.54, 1.807) is 7.11 Å². The van der Waals surface area contributed by atoms with Crippen LogP contribution in [0, 0.1) is 0 Å². The molecule has 0 rings (SSSR count). The molecule has 0 atom stereocenters. The molecule has 0 saturated heterocycles. The Balaban J connectivity index is -0.000000154. The zero-order chi connectivity index (χ0) is 67.0. The van der Waals surface area contributed by atoms with Gasteiger partial charge in [0.1, 0.15) is 70.6 Å². The highest BCUT2D eigenvalue weighted by atomic mass is 32.2. The molecule has 0 saturated carbocycles. The topological polar surface area (TPSA) is 69.9 Å². The van der Waals surface area contributed by atoms with Crippen LogP contribution in [-0.2, 0) is 48.3 Å². The lowest BCUT2D eigenvalue weighted by Gasteiger charge is -2.40. The van der Waals surface area contributed by atoms with Crippen molar-refractivity contribution < 1.29 is 38.0 Å². The van der Waals surface area contributed by atoms with Gasteiger partial charge in [0.05, 0.1) is 109 Å². The Morgan fingerprint density at radius 1 is 0.294 bits per heavy atom. The Morgan fingerprint density at radius 2 is 0.553 bits per heavy atom. The van der Waals surface area contributed by atoms with E-state index in [0.29, 0.717) is 33.7 Å². The van der Waals surface area contributed by atoms with E-state index in [9.17, 15) is 0 Å². The molecule has 0 aliphatic heterocycles. The van der Waals surface area contributed by atoms with E-state index in [0.717, 1.165) is 66.4 Å². The first-order chi connectivity index (χ1) is 40.3. The lowest BCUT2D eigenvalue weighted by Crippen LogP contribution is -2.50. The number of unbranched alkanes of at least 4 members (excludes halogenated alkanes) is 20. The molecule has 12 heteroatoms. The van der Waals surface area contributed by atoms with E-state index >= 15 is 0 Å². The van der Waals surface area contributed by atoms with Gasteiger partial charge in [0.15, 0.2) is 0 Å². The summed E-state index contributed by atoms with van der Waals surface area (Å²) in [5, 5.41) is 25.7. The van der Waals surface area contributed by atoms with Gasteiger partial charge in [-0.15, -0.1) is 0 Å². The average molecular weight is 1300 g/mol. The van der Waals surface area contributed by atoms with Crippen LogP contribution in [0.5, 0.6) is 0 Å². The van der Waals surface area contributed by atoms with Crippen LogP contribution in [0.25, 0.3) is 0 Å². The van der Waals surface area contributed by atoms with E-state index in [1.807, 2.05) is 0 Å². The Morgan fingerprint density at radius 3 is 0.706 bits per heavy atom. The van der Waals surface area contributed by atoms with Crippen LogP contribution in [0.1, 0.15) is 277 Å². The van der Waals surface area contributed by atoms with Crippen LogP contribution < -0.4 is 0 Å². The molecule has 85 heavy (non-hydrogen) atoms. The Hall–Kier alpha value is 1.08. The minimum Gasteiger partial charge on any atom is -0.391 e. The van der Waals surface area contributed by atoms with Crippen molar-refractivity contribution in [3.63, 3.8) is 0 Å². The number of ether oxygens (including phenoxy) is 1. The van der Waals surface area contributed by atoms with Crippen molar-refractivity contribution in [2.45, 2.75) is 277 Å². The van der Waals surface area contributed by atoms with Gasteiger partial charge in [-0.05, 0) is 148 Å². The van der Waals surface area contributed by atoms with Crippen LogP contribution in [-0.4, -0.2) is 232 Å². The molecule has 0 aromatic carbocycles. The lowest BCUT2D eigenvalue weighted by atomic mass is 10.0. The molecule has 0 fully saturated rings. The monoisotopic (exact) mass is 1300 g/mol. The fraction of sp³-hybridized carbons (Fsp3) is 1.00. The van der Waals surface area contributed by atoms with Gasteiger partial charge < -0.3 is 38.0 Å². The Kier molecular flexibility index (Phi) is 97.6. The molecule has 0 aromatic rings. The summed E-state index contributed by atoms with van der Waals surface area (Å²) in [4.78, 5) is 0. The van der Waals surface area contributed by atoms with Crippen LogP contribution in [0.3, 0.4) is 0 Å². The van der Waals surface area contributed by atoms with Gasteiger partial charge in [-0.3, -0.25) is 0 Å². The zero-order valence-electron chi connectivity index (χ0n) is 64.1. The number of methoxy groups -OCH3 is 1. The van der Waals surface area contributed by atoms with Crippen molar-refractivity contribution in [3.05, 3.63) is 0 Å². The summed E-state index contributed by atoms with van der Waals surface area (Å²) in [6, 6.07) is 0. The molecule has 0 spiro atoms. The Labute approximate surface area is 554 Å². The summed E-state index contributed by atoms with van der Waals surface area (Å²) in [6.45, 7) is 43.9. The zero-order valence-corrected chi connectivity index (χ0v) is 67.4. The number of aliphatic hydroxyl groups excluding tert-OH is 3. The third-order valence-corrected chi connectivity index (χ3v) is 24.6. The lowest BCUT2D eigenvalue weighted by molar-refractivity contribution is -0.929. The smallest absolute Gasteiger partial charge is 0.205 e. The standard InChI is InChI=1S/C32H68N.C7H18NO.C7H17OS.C7H17S.C6H15S.C5H14NO.C5H13OS.C4H12N/c1-5-9-13-17-21-25-29-33(30-26-22-18-14-10-6-2,31-27-23-19-15-11-7-3)32-28-24-20-16-12-8-4;1-5-8(2,3)6-7-9-4;1-3-5-9(7-8)6-4-2;1-4-7-8(5-2)6-3;1-4-7(5-2)6-3;1-6(2,3)4-5-7;1-3-7(4-2)5-6;1-5(2,3)4/h5-32H2,1-4H3;5-7H2,1-4H3;8H,3-7H2,1-2H3;4-7H2,1-3H3;4-6H2,1-3H3;7H,4-5H2,1-3H3;6H,3-5H2,1-2H3;1-4H3/q8*+1. The van der Waals surface area contributed by atoms with E-state index in [4.69, 9.17) is 20.1 Å². The maximum absolute atomic E-state index is 8.80. The van der Waals surface area contributed by atoms with Gasteiger partial charge in [0.2, 0.25) is 11.9 Å². The van der Waals surface area contributed by atoms with E-state index in [-0.39, 0.29) is 6.61 Å².